The smallest absolute Gasteiger partial charge is 0.243 e. The summed E-state index contributed by atoms with van der Waals surface area (Å²) in [5, 5.41) is 0. The number of Topliss-reactive ketones (excluding diaryl/α,β-unsaturated/α-hetero) is 1. The van der Waals surface area contributed by atoms with Crippen LogP contribution in [0.25, 0.3) is 4.85 Å². The molecule has 0 N–H and O–H groups in total. The summed E-state index contributed by atoms with van der Waals surface area (Å²) in [4.78, 5) is 25.7. The summed E-state index contributed by atoms with van der Waals surface area (Å²) in [6, 6.07) is 5.13. The van der Waals surface area contributed by atoms with E-state index in [0.717, 1.165) is 32.5 Å². The van der Waals surface area contributed by atoms with E-state index >= 15 is 0 Å². The molecule has 0 atom stereocenters. The van der Waals surface area contributed by atoms with Gasteiger partial charge in [-0.15, -0.1) is 0 Å². The highest BCUT2D eigenvalue weighted by Crippen LogP contribution is 2.32. The summed E-state index contributed by atoms with van der Waals surface area (Å²) < 4.78 is 32.9. The van der Waals surface area contributed by atoms with Crippen LogP contribution in [0.4, 0.5) is 11.5 Å². The normalized spacial score (nSPS) is 14.6. The molecule has 0 amide bonds. The number of anilines is 1. The first-order chi connectivity index (χ1) is 18.5. The molecule has 212 valence electrons. The maximum Gasteiger partial charge on any atom is 0.243 e. The quantitative estimate of drug-likeness (QED) is 0.362. The Morgan fingerprint density at radius 2 is 1.77 bits per heavy atom. The first-order valence-corrected chi connectivity index (χ1v) is 14.8. The Bertz CT molecular complexity index is 1290. The molecule has 1 aromatic heterocycles. The van der Waals surface area contributed by atoms with Crippen molar-refractivity contribution < 1.29 is 17.9 Å². The molecule has 0 saturated carbocycles. The van der Waals surface area contributed by atoms with Crippen molar-refractivity contribution >= 4 is 27.3 Å². The van der Waals surface area contributed by atoms with Gasteiger partial charge in [0.15, 0.2) is 0 Å². The summed E-state index contributed by atoms with van der Waals surface area (Å²) in [5.74, 6) is 1.87. The molecular weight excluding hydrogens is 514 g/mol. The Morgan fingerprint density at radius 3 is 2.33 bits per heavy atom. The van der Waals surface area contributed by atoms with Crippen LogP contribution in [0.5, 0.6) is 5.75 Å². The average Bonchev–Trinajstić information content (AvgIpc) is 2.90. The van der Waals surface area contributed by atoms with E-state index < -0.39 is 10.0 Å². The summed E-state index contributed by atoms with van der Waals surface area (Å²) in [7, 11) is 3.45. The average molecular weight is 556 g/mol. The summed E-state index contributed by atoms with van der Waals surface area (Å²) in [6.45, 7) is 14.0. The van der Waals surface area contributed by atoms with Crippen LogP contribution in [0.3, 0.4) is 0 Å². The Balaban J connectivity index is 1.59. The Morgan fingerprint density at radius 1 is 1.13 bits per heavy atom. The number of piperidine rings is 1. The van der Waals surface area contributed by atoms with Crippen molar-refractivity contribution in [3.8, 4) is 5.75 Å². The number of ether oxygens (including phenoxy) is 1. The molecular formula is C29H41N5O4S. The van der Waals surface area contributed by atoms with Crippen LogP contribution in [-0.2, 0) is 21.2 Å². The van der Waals surface area contributed by atoms with Gasteiger partial charge in [0.2, 0.25) is 15.7 Å². The van der Waals surface area contributed by atoms with Crippen LogP contribution in [0.2, 0.25) is 0 Å². The standard InChI is InChI=1S/C29H41N5O4S/c1-21-16-26(38-7)17-22(2)28(21)39(36,37)33(6)13-11-25(35)18-24-19-27(30-3)29(31-20-24)34-14-9-23(10-15-34)8-12-32(4)5/h16-17,19-20,23H,8-15,18H2,1-2,4-7H3. The molecule has 2 aromatic rings. The van der Waals surface area contributed by atoms with Crippen LogP contribution in [0.15, 0.2) is 29.3 Å². The number of ketones is 1. The van der Waals surface area contributed by atoms with Gasteiger partial charge < -0.3 is 14.5 Å². The predicted octanol–water partition coefficient (Wildman–Crippen LogP) is 4.25. The molecule has 1 aliphatic heterocycles. The largest absolute Gasteiger partial charge is 0.497 e. The van der Waals surface area contributed by atoms with Crippen molar-refractivity contribution in [3.63, 3.8) is 0 Å². The zero-order valence-corrected chi connectivity index (χ0v) is 24.8. The van der Waals surface area contributed by atoms with Crippen LogP contribution in [0.1, 0.15) is 42.4 Å². The van der Waals surface area contributed by atoms with E-state index in [2.05, 4.69) is 33.7 Å². The van der Waals surface area contributed by atoms with E-state index in [1.807, 2.05) is 0 Å². The topological polar surface area (TPSA) is 87.4 Å². The molecule has 0 bridgehead atoms. The van der Waals surface area contributed by atoms with Gasteiger partial charge in [0, 0.05) is 45.7 Å². The van der Waals surface area contributed by atoms with Gasteiger partial charge in [-0.05, 0) is 94.6 Å². The van der Waals surface area contributed by atoms with Crippen molar-refractivity contribution in [2.45, 2.75) is 50.8 Å². The van der Waals surface area contributed by atoms with Crippen molar-refractivity contribution in [2.75, 3.05) is 59.3 Å². The Labute approximate surface area is 233 Å². The van der Waals surface area contributed by atoms with E-state index in [-0.39, 0.29) is 30.1 Å². The van der Waals surface area contributed by atoms with E-state index in [1.165, 1.54) is 17.8 Å². The fourth-order valence-electron chi connectivity index (χ4n) is 5.09. The maximum absolute atomic E-state index is 13.2. The fraction of sp³-hybridized carbons (Fsp3) is 0.552. The molecule has 0 spiro atoms. The van der Waals surface area contributed by atoms with Gasteiger partial charge in [-0.1, -0.05) is 0 Å². The Hall–Kier alpha value is -3.00. The molecule has 10 heteroatoms. The molecule has 0 aliphatic carbocycles. The predicted molar refractivity (Wildman–Crippen MR) is 154 cm³/mol. The number of sulfonamides is 1. The van der Waals surface area contributed by atoms with E-state index in [4.69, 9.17) is 11.3 Å². The lowest BCUT2D eigenvalue weighted by Crippen LogP contribution is -2.35. The number of rotatable bonds is 12. The highest BCUT2D eigenvalue weighted by Gasteiger charge is 2.26. The zero-order valence-electron chi connectivity index (χ0n) is 24.0. The van der Waals surface area contributed by atoms with Gasteiger partial charge in [-0.25, -0.2) is 17.6 Å². The summed E-state index contributed by atoms with van der Waals surface area (Å²) in [5.41, 5.74) is 2.32. The minimum Gasteiger partial charge on any atom is -0.497 e. The maximum atomic E-state index is 13.2. The number of hydrogen-bond acceptors (Lipinski definition) is 7. The molecule has 1 aromatic carbocycles. The first kappa shape index (κ1) is 30.5. The lowest BCUT2D eigenvalue weighted by molar-refractivity contribution is -0.118. The highest BCUT2D eigenvalue weighted by molar-refractivity contribution is 7.89. The number of nitrogens with zero attached hydrogens (tertiary/aromatic N) is 5. The molecule has 1 saturated heterocycles. The van der Waals surface area contributed by atoms with Gasteiger partial charge in [-0.3, -0.25) is 9.78 Å². The highest BCUT2D eigenvalue weighted by atomic mass is 32.2. The number of hydrogen-bond donors (Lipinski definition) is 0. The third kappa shape index (κ3) is 7.78. The Kier molecular flexibility index (Phi) is 10.5. The van der Waals surface area contributed by atoms with Crippen LogP contribution in [0, 0.1) is 26.3 Å². The SMILES string of the molecule is [C-]#[N+]c1cc(CC(=O)CCN(C)S(=O)(=O)c2c(C)cc(OC)cc2C)cnc1N1CCC(CCN(C)C)CC1. The van der Waals surface area contributed by atoms with Crippen LogP contribution >= 0.6 is 0 Å². The zero-order chi connectivity index (χ0) is 28.7. The van der Waals surface area contributed by atoms with Gasteiger partial charge in [0.1, 0.15) is 17.4 Å². The molecule has 2 heterocycles. The monoisotopic (exact) mass is 555 g/mol. The second-order valence-electron chi connectivity index (χ2n) is 10.7. The van der Waals surface area contributed by atoms with E-state index in [0.29, 0.717) is 39.9 Å². The lowest BCUT2D eigenvalue weighted by atomic mass is 9.93. The number of pyridine rings is 1. The summed E-state index contributed by atoms with van der Waals surface area (Å²) in [6.07, 6.45) is 5.19. The fourth-order valence-corrected chi connectivity index (χ4v) is 6.67. The second kappa shape index (κ2) is 13.4. The number of carbonyl (C=O) groups excluding carboxylic acids is 1. The third-order valence-corrected chi connectivity index (χ3v) is 9.53. The second-order valence-corrected chi connectivity index (χ2v) is 12.7. The van der Waals surface area contributed by atoms with E-state index in [1.54, 1.807) is 45.4 Å². The molecule has 0 radical (unpaired) electrons. The van der Waals surface area contributed by atoms with Gasteiger partial charge in [0.25, 0.3) is 0 Å². The summed E-state index contributed by atoms with van der Waals surface area (Å²) >= 11 is 0. The minimum atomic E-state index is -3.77. The van der Waals surface area contributed by atoms with Gasteiger partial charge >= 0.3 is 0 Å². The molecule has 3 rings (SSSR count). The van der Waals surface area contributed by atoms with Crippen molar-refractivity contribution in [1.29, 1.82) is 0 Å². The van der Waals surface area contributed by atoms with Gasteiger partial charge in [-0.2, -0.15) is 0 Å². The molecule has 1 fully saturated rings. The van der Waals surface area contributed by atoms with Crippen molar-refractivity contribution in [3.05, 3.63) is 52.5 Å². The number of carbonyl (C=O) groups is 1. The molecule has 39 heavy (non-hydrogen) atoms. The van der Waals surface area contributed by atoms with E-state index in [9.17, 15) is 13.2 Å². The van der Waals surface area contributed by atoms with Crippen molar-refractivity contribution in [2.24, 2.45) is 5.92 Å². The van der Waals surface area contributed by atoms with Crippen LogP contribution < -0.4 is 9.64 Å². The lowest BCUT2D eigenvalue weighted by Gasteiger charge is -2.34. The molecule has 1 aliphatic rings. The van der Waals surface area contributed by atoms with Crippen molar-refractivity contribution in [1.82, 2.24) is 14.2 Å². The molecule has 0 unspecified atom stereocenters. The molecule has 9 nitrogen and oxygen atoms in total. The number of aryl methyl sites for hydroxylation is 2. The third-order valence-electron chi connectivity index (χ3n) is 7.37. The first-order valence-electron chi connectivity index (χ1n) is 13.4. The number of aromatic nitrogens is 1. The van der Waals surface area contributed by atoms with Crippen LogP contribution in [-0.4, -0.2) is 82.8 Å². The number of methoxy groups -OCH3 is 1. The number of benzene rings is 1. The minimum absolute atomic E-state index is 0.0655. The van der Waals surface area contributed by atoms with Gasteiger partial charge in [0.05, 0.1) is 18.6 Å².